The molecule has 1 fully saturated rings. The van der Waals surface area contributed by atoms with Crippen molar-refractivity contribution in [1.29, 1.82) is 0 Å². The number of halogens is 2. The molecule has 1 aromatic carbocycles. The maximum Gasteiger partial charge on any atom is 0.225 e. The first-order valence-corrected chi connectivity index (χ1v) is 7.97. The number of amides is 1. The van der Waals surface area contributed by atoms with Gasteiger partial charge in [-0.2, -0.15) is 0 Å². The zero-order chi connectivity index (χ0) is 17.0. The Balaban J connectivity index is 1.86. The van der Waals surface area contributed by atoms with Gasteiger partial charge in [0.05, 0.1) is 12.0 Å². The summed E-state index contributed by atoms with van der Waals surface area (Å²) in [5.74, 6) is -1.76. The van der Waals surface area contributed by atoms with Crippen LogP contribution in [0.3, 0.4) is 0 Å². The van der Waals surface area contributed by atoms with E-state index < -0.39 is 17.2 Å². The molecule has 1 aliphatic rings. The third-order valence-corrected chi connectivity index (χ3v) is 4.34. The summed E-state index contributed by atoms with van der Waals surface area (Å²) in [6, 6.07) is 2.83. The van der Waals surface area contributed by atoms with Crippen LogP contribution in [0.1, 0.15) is 39.5 Å². The van der Waals surface area contributed by atoms with Crippen molar-refractivity contribution in [3.63, 3.8) is 0 Å². The van der Waals surface area contributed by atoms with E-state index in [9.17, 15) is 13.6 Å². The molecule has 0 radical (unpaired) electrons. The molecular weight excluding hydrogens is 302 g/mol. The van der Waals surface area contributed by atoms with E-state index in [1.54, 1.807) is 6.92 Å². The van der Waals surface area contributed by atoms with Crippen LogP contribution in [0.4, 0.5) is 8.78 Å². The molecule has 3 N–H and O–H groups in total. The van der Waals surface area contributed by atoms with Gasteiger partial charge in [-0.3, -0.25) is 4.79 Å². The normalized spacial score (nSPS) is 25.7. The molecule has 0 bridgehead atoms. The van der Waals surface area contributed by atoms with Crippen LogP contribution in [0.15, 0.2) is 18.2 Å². The van der Waals surface area contributed by atoms with E-state index in [4.69, 9.17) is 10.5 Å². The lowest BCUT2D eigenvalue weighted by atomic mass is 9.74. The maximum atomic E-state index is 13.5. The zero-order valence-corrected chi connectivity index (χ0v) is 13.6. The van der Waals surface area contributed by atoms with Crippen molar-refractivity contribution >= 4 is 5.91 Å². The summed E-state index contributed by atoms with van der Waals surface area (Å²) in [5.41, 5.74) is 5.73. The topological polar surface area (TPSA) is 64.3 Å². The highest BCUT2D eigenvalue weighted by Gasteiger charge is 2.38. The average Bonchev–Trinajstić information content (AvgIpc) is 2.45. The molecule has 3 atom stereocenters. The SMILES string of the molecule is CC(COc1ccc(F)cc1F)NC(=O)C1CCCCC1(C)N. The van der Waals surface area contributed by atoms with Crippen molar-refractivity contribution in [3.8, 4) is 5.75 Å². The molecule has 4 nitrogen and oxygen atoms in total. The van der Waals surface area contributed by atoms with E-state index >= 15 is 0 Å². The van der Waals surface area contributed by atoms with Crippen LogP contribution >= 0.6 is 0 Å². The number of carbonyl (C=O) groups excluding carboxylic acids is 1. The number of ether oxygens (including phenoxy) is 1. The zero-order valence-electron chi connectivity index (χ0n) is 13.6. The number of rotatable bonds is 5. The maximum absolute atomic E-state index is 13.5. The van der Waals surface area contributed by atoms with E-state index in [1.807, 2.05) is 6.92 Å². The van der Waals surface area contributed by atoms with Gasteiger partial charge in [0.2, 0.25) is 5.91 Å². The fourth-order valence-electron chi connectivity index (χ4n) is 2.98. The van der Waals surface area contributed by atoms with Gasteiger partial charge < -0.3 is 15.8 Å². The Labute approximate surface area is 135 Å². The van der Waals surface area contributed by atoms with Gasteiger partial charge in [0.25, 0.3) is 0 Å². The lowest BCUT2D eigenvalue weighted by Gasteiger charge is -2.37. The fraction of sp³-hybridized carbons (Fsp3) is 0.588. The van der Waals surface area contributed by atoms with E-state index in [0.29, 0.717) is 0 Å². The Morgan fingerprint density at radius 2 is 2.22 bits per heavy atom. The molecule has 23 heavy (non-hydrogen) atoms. The number of benzene rings is 1. The first kappa shape index (κ1) is 17.7. The van der Waals surface area contributed by atoms with Crippen LogP contribution in [-0.2, 0) is 4.79 Å². The molecule has 0 saturated heterocycles. The molecule has 1 aliphatic carbocycles. The Morgan fingerprint density at radius 1 is 1.48 bits per heavy atom. The Hall–Kier alpha value is -1.69. The summed E-state index contributed by atoms with van der Waals surface area (Å²) in [6.45, 7) is 3.78. The minimum atomic E-state index is -0.759. The molecule has 0 heterocycles. The van der Waals surface area contributed by atoms with Crippen LogP contribution in [0, 0.1) is 17.6 Å². The molecule has 3 unspecified atom stereocenters. The van der Waals surface area contributed by atoms with Gasteiger partial charge >= 0.3 is 0 Å². The van der Waals surface area contributed by atoms with Crippen molar-refractivity contribution < 1.29 is 18.3 Å². The third-order valence-electron chi connectivity index (χ3n) is 4.34. The Morgan fingerprint density at radius 3 is 2.87 bits per heavy atom. The highest BCUT2D eigenvalue weighted by molar-refractivity contribution is 5.80. The van der Waals surface area contributed by atoms with Crippen molar-refractivity contribution in [3.05, 3.63) is 29.8 Å². The lowest BCUT2D eigenvalue weighted by molar-refractivity contribution is -0.128. The number of hydrogen-bond acceptors (Lipinski definition) is 3. The van der Waals surface area contributed by atoms with Gasteiger partial charge in [-0.05, 0) is 38.8 Å². The van der Waals surface area contributed by atoms with Crippen LogP contribution in [0.2, 0.25) is 0 Å². The van der Waals surface area contributed by atoms with Crippen LogP contribution in [-0.4, -0.2) is 24.1 Å². The molecule has 1 saturated carbocycles. The van der Waals surface area contributed by atoms with Gasteiger partial charge in [-0.15, -0.1) is 0 Å². The number of nitrogens with one attached hydrogen (secondary N) is 1. The molecule has 6 heteroatoms. The van der Waals surface area contributed by atoms with Gasteiger partial charge in [0.1, 0.15) is 12.4 Å². The van der Waals surface area contributed by atoms with E-state index in [2.05, 4.69) is 5.32 Å². The number of hydrogen-bond donors (Lipinski definition) is 2. The minimum absolute atomic E-state index is 0.0335. The molecule has 0 aliphatic heterocycles. The highest BCUT2D eigenvalue weighted by atomic mass is 19.1. The third kappa shape index (κ3) is 4.64. The second kappa shape index (κ2) is 7.25. The van der Waals surface area contributed by atoms with Crippen LogP contribution in [0.25, 0.3) is 0 Å². The van der Waals surface area contributed by atoms with E-state index in [-0.39, 0.29) is 30.2 Å². The Bertz CT molecular complexity index is 564. The summed E-state index contributed by atoms with van der Waals surface area (Å²) in [4.78, 5) is 12.4. The summed E-state index contributed by atoms with van der Waals surface area (Å²) >= 11 is 0. The molecule has 0 aromatic heterocycles. The van der Waals surface area contributed by atoms with Gasteiger partial charge in [0, 0.05) is 11.6 Å². The fourth-order valence-corrected chi connectivity index (χ4v) is 2.98. The lowest BCUT2D eigenvalue weighted by Crippen LogP contribution is -2.54. The van der Waals surface area contributed by atoms with Gasteiger partial charge in [0.15, 0.2) is 11.6 Å². The van der Waals surface area contributed by atoms with E-state index in [1.165, 1.54) is 6.07 Å². The summed E-state index contributed by atoms with van der Waals surface area (Å²) in [5, 5.41) is 2.87. The standard InChI is InChI=1S/C17H24F2N2O2/c1-11(10-23-15-7-6-12(18)9-14(15)19)21-16(22)13-5-3-4-8-17(13,2)20/h6-7,9,11,13H,3-5,8,10,20H2,1-2H3,(H,21,22). The molecule has 128 valence electrons. The van der Waals surface area contributed by atoms with Crippen molar-refractivity contribution in [2.45, 2.75) is 51.1 Å². The van der Waals surface area contributed by atoms with Crippen molar-refractivity contribution in [2.24, 2.45) is 11.7 Å². The van der Waals surface area contributed by atoms with Crippen molar-refractivity contribution in [1.82, 2.24) is 5.32 Å². The molecule has 0 spiro atoms. The highest BCUT2D eigenvalue weighted by Crippen LogP contribution is 2.31. The summed E-state index contributed by atoms with van der Waals surface area (Å²) < 4.78 is 31.6. The number of nitrogens with two attached hydrogens (primary N) is 1. The summed E-state index contributed by atoms with van der Waals surface area (Å²) in [7, 11) is 0. The smallest absolute Gasteiger partial charge is 0.225 e. The largest absolute Gasteiger partial charge is 0.488 e. The molecular formula is C17H24F2N2O2. The molecule has 1 amide bonds. The second-order valence-electron chi connectivity index (χ2n) is 6.60. The quantitative estimate of drug-likeness (QED) is 0.874. The van der Waals surface area contributed by atoms with E-state index in [0.717, 1.165) is 37.8 Å². The molecule has 1 aromatic rings. The van der Waals surface area contributed by atoms with Gasteiger partial charge in [-0.1, -0.05) is 12.8 Å². The minimum Gasteiger partial charge on any atom is -0.488 e. The predicted molar refractivity (Wildman–Crippen MR) is 84.0 cm³/mol. The van der Waals surface area contributed by atoms with Crippen LogP contribution < -0.4 is 15.8 Å². The van der Waals surface area contributed by atoms with Crippen LogP contribution in [0.5, 0.6) is 5.75 Å². The Kier molecular flexibility index (Phi) is 5.57. The predicted octanol–water partition coefficient (Wildman–Crippen LogP) is 2.76. The first-order chi connectivity index (χ1) is 10.8. The first-order valence-electron chi connectivity index (χ1n) is 7.97. The monoisotopic (exact) mass is 326 g/mol. The second-order valence-corrected chi connectivity index (χ2v) is 6.60. The molecule has 2 rings (SSSR count). The van der Waals surface area contributed by atoms with Crippen molar-refractivity contribution in [2.75, 3.05) is 6.61 Å². The van der Waals surface area contributed by atoms with Gasteiger partial charge in [-0.25, -0.2) is 8.78 Å². The number of carbonyl (C=O) groups is 1. The average molecular weight is 326 g/mol. The summed E-state index contributed by atoms with van der Waals surface area (Å²) in [6.07, 6.45) is 3.64.